The van der Waals surface area contributed by atoms with E-state index in [1.807, 2.05) is 18.2 Å². The summed E-state index contributed by atoms with van der Waals surface area (Å²) in [5.41, 5.74) is 1.73. The number of carbonyl (C=O) groups is 2. The minimum atomic E-state index is -5.11. The van der Waals surface area contributed by atoms with Crippen molar-refractivity contribution in [2.24, 2.45) is 5.73 Å². The van der Waals surface area contributed by atoms with E-state index in [9.17, 15) is 35.9 Å². The van der Waals surface area contributed by atoms with Crippen molar-refractivity contribution in [3.8, 4) is 0 Å². The Kier molecular flexibility index (Phi) is 6.16. The summed E-state index contributed by atoms with van der Waals surface area (Å²) in [6, 6.07) is 11.6. The smallest absolute Gasteiger partial charge is 0.368 e. The van der Waals surface area contributed by atoms with Crippen LogP contribution in [0, 0.1) is 0 Å². The van der Waals surface area contributed by atoms with Crippen LogP contribution in [0.1, 0.15) is 27.0 Å². The zero-order valence-corrected chi connectivity index (χ0v) is 16.2. The van der Waals surface area contributed by atoms with E-state index in [0.29, 0.717) is 17.7 Å². The van der Waals surface area contributed by atoms with Crippen molar-refractivity contribution in [1.82, 2.24) is 5.32 Å². The fourth-order valence-corrected chi connectivity index (χ4v) is 3.15. The normalized spacial score (nSPS) is 13.1. The molecule has 0 aliphatic carbocycles. The van der Waals surface area contributed by atoms with E-state index >= 15 is 0 Å². The number of nitrogens with one attached hydrogen (secondary N) is 1. The number of benzene rings is 3. The lowest BCUT2D eigenvalue weighted by Crippen LogP contribution is -2.46. The van der Waals surface area contributed by atoms with Crippen LogP contribution in [-0.4, -0.2) is 17.9 Å². The number of alkyl halides is 6. The number of hydrogen-bond acceptors (Lipinski definition) is 2. The fraction of sp³-hybridized carbons (Fsp3) is 0.182. The molecular weight excluding hydrogens is 438 g/mol. The number of carbonyl (C=O) groups excluding carboxylic acids is 2. The maximum Gasteiger partial charge on any atom is 0.416 e. The highest BCUT2D eigenvalue weighted by Gasteiger charge is 2.37. The van der Waals surface area contributed by atoms with Gasteiger partial charge < -0.3 is 11.1 Å². The zero-order chi connectivity index (χ0) is 23.7. The first-order valence-corrected chi connectivity index (χ1v) is 9.22. The molecule has 0 heterocycles. The van der Waals surface area contributed by atoms with Crippen LogP contribution < -0.4 is 11.1 Å². The van der Waals surface area contributed by atoms with Crippen LogP contribution >= 0.6 is 0 Å². The highest BCUT2D eigenvalue weighted by Crippen LogP contribution is 2.36. The summed E-state index contributed by atoms with van der Waals surface area (Å²) < 4.78 is 78.2. The number of amides is 2. The molecule has 0 saturated carbocycles. The van der Waals surface area contributed by atoms with Gasteiger partial charge in [-0.15, -0.1) is 0 Å². The Morgan fingerprint density at radius 2 is 1.38 bits per heavy atom. The van der Waals surface area contributed by atoms with Crippen molar-refractivity contribution in [2.45, 2.75) is 24.8 Å². The molecule has 0 aromatic heterocycles. The quantitative estimate of drug-likeness (QED) is 0.549. The summed E-state index contributed by atoms with van der Waals surface area (Å²) in [4.78, 5) is 24.3. The molecule has 1 atom stereocenters. The SMILES string of the molecule is NC(=O)[C@@H](Cc1ccc2ccccc2c1)NC(=O)c1cc(C(F)(F)F)cc(C(F)(F)F)c1. The summed E-state index contributed by atoms with van der Waals surface area (Å²) in [5.74, 6) is -2.28. The molecule has 0 bridgehead atoms. The lowest BCUT2D eigenvalue weighted by Gasteiger charge is -2.18. The Balaban J connectivity index is 1.89. The minimum Gasteiger partial charge on any atom is -0.368 e. The molecule has 2 amide bonds. The number of halogens is 6. The molecule has 0 saturated heterocycles. The van der Waals surface area contributed by atoms with Gasteiger partial charge in [0, 0.05) is 12.0 Å². The second-order valence-electron chi connectivity index (χ2n) is 7.11. The third kappa shape index (κ3) is 5.37. The molecule has 0 unspecified atom stereocenters. The van der Waals surface area contributed by atoms with Gasteiger partial charge in [0.2, 0.25) is 5.91 Å². The number of hydrogen-bond donors (Lipinski definition) is 2. The topological polar surface area (TPSA) is 72.2 Å². The Bertz CT molecular complexity index is 1140. The van der Waals surface area contributed by atoms with Gasteiger partial charge in [0.05, 0.1) is 11.1 Å². The highest BCUT2D eigenvalue weighted by atomic mass is 19.4. The van der Waals surface area contributed by atoms with Crippen LogP contribution in [0.4, 0.5) is 26.3 Å². The van der Waals surface area contributed by atoms with E-state index in [2.05, 4.69) is 5.32 Å². The van der Waals surface area contributed by atoms with Crippen LogP contribution in [0.25, 0.3) is 10.8 Å². The molecule has 168 valence electrons. The number of rotatable bonds is 5. The standard InChI is InChI=1S/C22H16F6N2O2/c23-21(24,25)16-9-15(10-17(11-16)22(26,27)28)20(32)30-18(19(29)31)8-12-5-6-13-3-1-2-4-14(13)7-12/h1-7,9-11,18H,8H2,(H2,29,31)(H,30,32)/t18-/m1/s1. The molecule has 3 aromatic carbocycles. The van der Waals surface area contributed by atoms with Crippen molar-refractivity contribution in [1.29, 1.82) is 0 Å². The second-order valence-corrected chi connectivity index (χ2v) is 7.11. The van der Waals surface area contributed by atoms with E-state index in [0.717, 1.165) is 10.8 Å². The van der Waals surface area contributed by atoms with Crippen molar-refractivity contribution < 1.29 is 35.9 Å². The largest absolute Gasteiger partial charge is 0.416 e. The predicted molar refractivity (Wildman–Crippen MR) is 105 cm³/mol. The maximum absolute atomic E-state index is 13.0. The van der Waals surface area contributed by atoms with Crippen LogP contribution in [-0.2, 0) is 23.6 Å². The number of primary amides is 1. The van der Waals surface area contributed by atoms with E-state index in [1.54, 1.807) is 24.3 Å². The maximum atomic E-state index is 13.0. The Morgan fingerprint density at radius 1 is 0.812 bits per heavy atom. The van der Waals surface area contributed by atoms with Crippen LogP contribution in [0.3, 0.4) is 0 Å². The number of nitrogens with two attached hydrogens (primary N) is 1. The molecule has 0 spiro atoms. The monoisotopic (exact) mass is 454 g/mol. The highest BCUT2D eigenvalue weighted by molar-refractivity contribution is 5.97. The predicted octanol–water partition coefficient (Wildman–Crippen LogP) is 4.70. The molecule has 32 heavy (non-hydrogen) atoms. The van der Waals surface area contributed by atoms with Gasteiger partial charge in [-0.2, -0.15) is 26.3 Å². The van der Waals surface area contributed by atoms with E-state index in [4.69, 9.17) is 5.73 Å². The second kappa shape index (κ2) is 8.52. The third-order valence-electron chi connectivity index (χ3n) is 4.75. The Labute approximate surface area is 178 Å². The van der Waals surface area contributed by atoms with Crippen LogP contribution in [0.5, 0.6) is 0 Å². The molecule has 0 radical (unpaired) electrons. The lowest BCUT2D eigenvalue weighted by atomic mass is 10.0. The van der Waals surface area contributed by atoms with E-state index in [-0.39, 0.29) is 12.5 Å². The van der Waals surface area contributed by atoms with E-state index in [1.165, 1.54) is 0 Å². The van der Waals surface area contributed by atoms with Gasteiger partial charge in [-0.3, -0.25) is 9.59 Å². The van der Waals surface area contributed by atoms with Crippen molar-refractivity contribution in [3.63, 3.8) is 0 Å². The Morgan fingerprint density at radius 3 is 1.91 bits per heavy atom. The first kappa shape index (κ1) is 23.1. The third-order valence-corrected chi connectivity index (χ3v) is 4.75. The van der Waals surface area contributed by atoms with Gasteiger partial charge in [-0.05, 0) is 34.5 Å². The summed E-state index contributed by atoms with van der Waals surface area (Å²) in [6.45, 7) is 0. The lowest BCUT2D eigenvalue weighted by molar-refractivity contribution is -0.143. The molecule has 10 heteroatoms. The van der Waals surface area contributed by atoms with Crippen molar-refractivity contribution >= 4 is 22.6 Å². The summed E-state index contributed by atoms with van der Waals surface area (Å²) in [5, 5.41) is 3.89. The molecule has 0 fully saturated rings. The van der Waals surface area contributed by atoms with Crippen LogP contribution in [0.15, 0.2) is 60.7 Å². The zero-order valence-electron chi connectivity index (χ0n) is 16.2. The molecule has 0 aliphatic rings. The van der Waals surface area contributed by atoms with Crippen molar-refractivity contribution in [3.05, 3.63) is 82.9 Å². The minimum absolute atomic E-state index is 0.0859. The fourth-order valence-electron chi connectivity index (χ4n) is 3.15. The molecule has 4 nitrogen and oxygen atoms in total. The first-order chi connectivity index (χ1) is 14.8. The number of fused-ring (bicyclic) bond motifs is 1. The van der Waals surface area contributed by atoms with Gasteiger partial charge in [0.25, 0.3) is 5.91 Å². The molecule has 0 aliphatic heterocycles. The average Bonchev–Trinajstić information content (AvgIpc) is 2.71. The van der Waals surface area contributed by atoms with E-state index < -0.39 is 46.9 Å². The van der Waals surface area contributed by atoms with Gasteiger partial charge >= 0.3 is 12.4 Å². The first-order valence-electron chi connectivity index (χ1n) is 9.22. The van der Waals surface area contributed by atoms with Gasteiger partial charge in [-0.25, -0.2) is 0 Å². The molecule has 3 N–H and O–H groups in total. The van der Waals surface area contributed by atoms with Gasteiger partial charge in [0.15, 0.2) is 0 Å². The van der Waals surface area contributed by atoms with Gasteiger partial charge in [0.1, 0.15) is 6.04 Å². The molecule has 3 rings (SSSR count). The average molecular weight is 454 g/mol. The molecule has 3 aromatic rings. The summed E-state index contributed by atoms with van der Waals surface area (Å²) >= 11 is 0. The Hall–Kier alpha value is -3.56. The van der Waals surface area contributed by atoms with Crippen molar-refractivity contribution in [2.75, 3.05) is 0 Å². The molecular formula is C22H16F6N2O2. The summed E-state index contributed by atoms with van der Waals surface area (Å²) in [6.07, 6.45) is -10.3. The van der Waals surface area contributed by atoms with Crippen LogP contribution in [0.2, 0.25) is 0 Å². The summed E-state index contributed by atoms with van der Waals surface area (Å²) in [7, 11) is 0. The van der Waals surface area contributed by atoms with Gasteiger partial charge in [-0.1, -0.05) is 42.5 Å².